The number of nitrogens with zero attached hydrogens (tertiary/aromatic N) is 2. The van der Waals surface area contributed by atoms with Crippen molar-refractivity contribution in [2.24, 2.45) is 5.92 Å². The zero-order valence-electron chi connectivity index (χ0n) is 13.2. The molecule has 1 saturated carbocycles. The summed E-state index contributed by atoms with van der Waals surface area (Å²) in [5.74, 6) is 0.319. The van der Waals surface area contributed by atoms with Crippen molar-refractivity contribution in [3.05, 3.63) is 47.7 Å². The second kappa shape index (κ2) is 6.30. The van der Waals surface area contributed by atoms with Crippen LogP contribution in [0.2, 0.25) is 0 Å². The van der Waals surface area contributed by atoms with Crippen molar-refractivity contribution in [3.63, 3.8) is 0 Å². The number of carbonyl (C=O) groups is 1. The second-order valence-electron chi connectivity index (χ2n) is 6.00. The highest BCUT2D eigenvalue weighted by Gasteiger charge is 2.44. The first-order valence-corrected chi connectivity index (χ1v) is 7.90. The highest BCUT2D eigenvalue weighted by molar-refractivity contribution is 5.94. The van der Waals surface area contributed by atoms with Gasteiger partial charge in [-0.15, -0.1) is 0 Å². The van der Waals surface area contributed by atoms with E-state index in [1.165, 1.54) is 12.1 Å². The molecule has 0 radical (unpaired) electrons. The predicted molar refractivity (Wildman–Crippen MR) is 83.4 cm³/mol. The van der Waals surface area contributed by atoms with Crippen LogP contribution < -0.4 is 5.32 Å². The molecule has 0 bridgehead atoms. The van der Waals surface area contributed by atoms with E-state index in [9.17, 15) is 18.0 Å². The fraction of sp³-hybridized carbons (Fsp3) is 0.412. The fourth-order valence-corrected chi connectivity index (χ4v) is 2.82. The van der Waals surface area contributed by atoms with E-state index < -0.39 is 11.7 Å². The Morgan fingerprint density at radius 3 is 2.62 bits per heavy atom. The molecule has 4 nitrogen and oxygen atoms in total. The van der Waals surface area contributed by atoms with Gasteiger partial charge in [-0.1, -0.05) is 19.1 Å². The lowest BCUT2D eigenvalue weighted by molar-refractivity contribution is -0.137. The number of nitrogens with one attached hydrogen (secondary N) is 1. The number of rotatable bonds is 5. The summed E-state index contributed by atoms with van der Waals surface area (Å²) in [6.45, 7) is 2.74. The van der Waals surface area contributed by atoms with Crippen molar-refractivity contribution >= 4 is 11.7 Å². The second-order valence-corrected chi connectivity index (χ2v) is 6.00. The third kappa shape index (κ3) is 3.44. The maximum Gasteiger partial charge on any atom is 0.416 e. The van der Waals surface area contributed by atoms with Gasteiger partial charge in [0, 0.05) is 18.5 Å². The van der Waals surface area contributed by atoms with Crippen molar-refractivity contribution in [2.75, 3.05) is 5.32 Å². The molecule has 1 aromatic carbocycles. The van der Waals surface area contributed by atoms with Gasteiger partial charge in [-0.25, -0.2) is 4.68 Å². The molecule has 0 saturated heterocycles. The summed E-state index contributed by atoms with van der Waals surface area (Å²) in [4.78, 5) is 12.3. The van der Waals surface area contributed by atoms with Gasteiger partial charge in [0.15, 0.2) is 0 Å². The average Bonchev–Trinajstić information content (AvgIpc) is 3.23. The Labute approximate surface area is 137 Å². The third-order valence-electron chi connectivity index (χ3n) is 4.20. The Kier molecular flexibility index (Phi) is 4.34. The van der Waals surface area contributed by atoms with Crippen LogP contribution in [0.3, 0.4) is 0 Å². The molecule has 1 fully saturated rings. The summed E-state index contributed by atoms with van der Waals surface area (Å²) in [7, 11) is 0. The van der Waals surface area contributed by atoms with Crippen molar-refractivity contribution in [1.29, 1.82) is 0 Å². The number of hydrogen-bond donors (Lipinski definition) is 1. The molecule has 0 spiro atoms. The molecule has 128 valence electrons. The Hall–Kier alpha value is -2.31. The zero-order chi connectivity index (χ0) is 17.3. The number of carbonyl (C=O) groups excluding carboxylic acids is 1. The minimum atomic E-state index is -4.34. The normalized spacial score (nSPS) is 20.0. The summed E-state index contributed by atoms with van der Waals surface area (Å²) < 4.78 is 39.5. The van der Waals surface area contributed by atoms with Crippen LogP contribution in [0, 0.1) is 5.92 Å². The fourth-order valence-electron chi connectivity index (χ4n) is 2.82. The molecular formula is C17H18F3N3O. The summed E-state index contributed by atoms with van der Waals surface area (Å²) in [6.07, 6.45) is -1.15. The molecule has 0 aliphatic heterocycles. The van der Waals surface area contributed by atoms with Gasteiger partial charge in [0.25, 0.3) is 0 Å². The van der Waals surface area contributed by atoms with E-state index in [4.69, 9.17) is 0 Å². The molecule has 7 heteroatoms. The predicted octanol–water partition coefficient (Wildman–Crippen LogP) is 4.05. The first-order chi connectivity index (χ1) is 11.4. The summed E-state index contributed by atoms with van der Waals surface area (Å²) in [5.41, 5.74) is 0.0987. The van der Waals surface area contributed by atoms with Gasteiger partial charge in [-0.05, 0) is 36.5 Å². The van der Waals surface area contributed by atoms with Gasteiger partial charge in [-0.3, -0.25) is 4.79 Å². The number of aryl methyl sites for hydroxylation is 1. The SMILES string of the molecule is CCCn1nccc1NC(=O)C1CC1c1ccc(C(F)(F)F)cc1. The lowest BCUT2D eigenvalue weighted by atomic mass is 10.1. The number of halogens is 3. The molecule has 2 unspecified atom stereocenters. The van der Waals surface area contributed by atoms with Crippen LogP contribution in [0.1, 0.15) is 36.8 Å². The van der Waals surface area contributed by atoms with Crippen molar-refractivity contribution < 1.29 is 18.0 Å². The van der Waals surface area contributed by atoms with Gasteiger partial charge < -0.3 is 5.32 Å². The smallest absolute Gasteiger partial charge is 0.311 e. The highest BCUT2D eigenvalue weighted by Crippen LogP contribution is 2.48. The maximum atomic E-state index is 12.6. The minimum Gasteiger partial charge on any atom is -0.311 e. The molecule has 2 atom stereocenters. The summed E-state index contributed by atoms with van der Waals surface area (Å²) in [6, 6.07) is 6.80. The summed E-state index contributed by atoms with van der Waals surface area (Å²) in [5, 5.41) is 7.00. The van der Waals surface area contributed by atoms with E-state index in [0.29, 0.717) is 12.2 Å². The molecule has 3 rings (SSSR count). The standard InChI is InChI=1S/C17H18F3N3O/c1-2-9-23-15(7-8-21-23)22-16(24)14-10-13(14)11-3-5-12(6-4-11)17(18,19)20/h3-8,13-14H,2,9-10H2,1H3,(H,22,24). The van der Waals surface area contributed by atoms with Crippen LogP contribution >= 0.6 is 0 Å². The maximum absolute atomic E-state index is 12.6. The number of benzene rings is 1. The Bertz CT molecular complexity index is 721. The van der Waals surface area contributed by atoms with Crippen LogP contribution in [0.5, 0.6) is 0 Å². The quantitative estimate of drug-likeness (QED) is 0.894. The molecule has 2 aromatic rings. The van der Waals surface area contributed by atoms with E-state index in [2.05, 4.69) is 10.4 Å². The molecule has 24 heavy (non-hydrogen) atoms. The minimum absolute atomic E-state index is 0.0187. The zero-order valence-corrected chi connectivity index (χ0v) is 13.2. The Morgan fingerprint density at radius 1 is 1.29 bits per heavy atom. The molecule has 1 aliphatic carbocycles. The topological polar surface area (TPSA) is 46.9 Å². The summed E-state index contributed by atoms with van der Waals surface area (Å²) >= 11 is 0. The van der Waals surface area contributed by atoms with Gasteiger partial charge >= 0.3 is 6.18 Å². The number of alkyl halides is 3. The van der Waals surface area contributed by atoms with Gasteiger partial charge in [-0.2, -0.15) is 18.3 Å². The van der Waals surface area contributed by atoms with Crippen LogP contribution in [0.15, 0.2) is 36.5 Å². The monoisotopic (exact) mass is 337 g/mol. The van der Waals surface area contributed by atoms with E-state index >= 15 is 0 Å². The number of hydrogen-bond acceptors (Lipinski definition) is 2. The number of aromatic nitrogens is 2. The van der Waals surface area contributed by atoms with Crippen molar-refractivity contribution in [1.82, 2.24) is 9.78 Å². The molecule has 1 heterocycles. The lowest BCUT2D eigenvalue weighted by Crippen LogP contribution is -2.18. The molecule has 1 N–H and O–H groups in total. The number of anilines is 1. The lowest BCUT2D eigenvalue weighted by Gasteiger charge is -2.09. The number of amides is 1. The average molecular weight is 337 g/mol. The first-order valence-electron chi connectivity index (χ1n) is 7.90. The van der Waals surface area contributed by atoms with Crippen LogP contribution in [0.25, 0.3) is 0 Å². The largest absolute Gasteiger partial charge is 0.416 e. The highest BCUT2D eigenvalue weighted by atomic mass is 19.4. The van der Waals surface area contributed by atoms with E-state index in [0.717, 1.165) is 30.7 Å². The van der Waals surface area contributed by atoms with E-state index in [1.54, 1.807) is 16.9 Å². The third-order valence-corrected chi connectivity index (χ3v) is 4.20. The molecule has 1 aliphatic rings. The van der Waals surface area contributed by atoms with Crippen LogP contribution in [-0.4, -0.2) is 15.7 Å². The van der Waals surface area contributed by atoms with Gasteiger partial charge in [0.1, 0.15) is 5.82 Å². The van der Waals surface area contributed by atoms with Crippen LogP contribution in [0.4, 0.5) is 19.0 Å². The first kappa shape index (κ1) is 16.5. The Balaban J connectivity index is 1.62. The molecular weight excluding hydrogens is 319 g/mol. The Morgan fingerprint density at radius 2 is 2.00 bits per heavy atom. The molecule has 1 amide bonds. The van der Waals surface area contributed by atoms with E-state index in [-0.39, 0.29) is 17.7 Å². The molecule has 1 aromatic heterocycles. The van der Waals surface area contributed by atoms with Crippen molar-refractivity contribution in [2.45, 2.75) is 38.4 Å². The van der Waals surface area contributed by atoms with Crippen LogP contribution in [-0.2, 0) is 17.5 Å². The van der Waals surface area contributed by atoms with E-state index in [1.807, 2.05) is 6.92 Å². The van der Waals surface area contributed by atoms with Gasteiger partial charge in [0.05, 0.1) is 11.8 Å². The van der Waals surface area contributed by atoms with Crippen molar-refractivity contribution in [3.8, 4) is 0 Å². The van der Waals surface area contributed by atoms with Gasteiger partial charge in [0.2, 0.25) is 5.91 Å².